The highest BCUT2D eigenvalue weighted by Crippen LogP contribution is 2.37. The van der Waals surface area contributed by atoms with Gasteiger partial charge < -0.3 is 14.8 Å². The molecule has 0 heterocycles. The van der Waals surface area contributed by atoms with Crippen molar-refractivity contribution in [2.24, 2.45) is 11.8 Å². The first-order valence-corrected chi connectivity index (χ1v) is 9.96. The monoisotopic (exact) mass is 369 g/mol. The van der Waals surface area contributed by atoms with Crippen LogP contribution in [0.4, 0.5) is 5.69 Å². The summed E-state index contributed by atoms with van der Waals surface area (Å²) in [7, 11) is 1.65. The number of amides is 1. The van der Waals surface area contributed by atoms with Crippen LogP contribution in [-0.4, -0.2) is 25.2 Å². The molecule has 2 aromatic rings. The Morgan fingerprint density at radius 2 is 1.81 bits per heavy atom. The van der Waals surface area contributed by atoms with Gasteiger partial charge in [0.05, 0.1) is 6.61 Å². The van der Waals surface area contributed by atoms with Crippen molar-refractivity contribution >= 4 is 22.4 Å². The second-order valence-electron chi connectivity index (χ2n) is 8.20. The average molecular weight is 370 g/mol. The fourth-order valence-electron chi connectivity index (χ4n) is 3.75. The van der Waals surface area contributed by atoms with Gasteiger partial charge in [0.25, 0.3) is 5.91 Å². The van der Waals surface area contributed by atoms with Gasteiger partial charge >= 0.3 is 0 Å². The Labute approximate surface area is 162 Å². The number of benzene rings is 2. The molecule has 2 aromatic carbocycles. The van der Waals surface area contributed by atoms with E-state index in [4.69, 9.17) is 9.47 Å². The zero-order valence-electron chi connectivity index (χ0n) is 16.9. The fourth-order valence-corrected chi connectivity index (χ4v) is 3.75. The van der Waals surface area contributed by atoms with Crippen LogP contribution < -0.4 is 10.1 Å². The summed E-state index contributed by atoms with van der Waals surface area (Å²) in [5, 5.41) is 5.14. The van der Waals surface area contributed by atoms with Gasteiger partial charge in [-0.05, 0) is 49.7 Å². The first-order chi connectivity index (χ1) is 12.9. The van der Waals surface area contributed by atoms with Crippen molar-refractivity contribution in [3.05, 3.63) is 36.4 Å². The van der Waals surface area contributed by atoms with Gasteiger partial charge in [-0.25, -0.2) is 0 Å². The van der Waals surface area contributed by atoms with Crippen molar-refractivity contribution < 1.29 is 14.3 Å². The molecule has 146 valence electrons. The second-order valence-corrected chi connectivity index (χ2v) is 8.20. The number of hydrogen-bond donors (Lipinski definition) is 1. The molecule has 1 fully saturated rings. The maximum absolute atomic E-state index is 13.1. The van der Waals surface area contributed by atoms with Crippen molar-refractivity contribution in [1.82, 2.24) is 0 Å². The maximum atomic E-state index is 13.1. The Morgan fingerprint density at radius 1 is 1.15 bits per heavy atom. The lowest BCUT2D eigenvalue weighted by Crippen LogP contribution is -2.47. The summed E-state index contributed by atoms with van der Waals surface area (Å²) in [6.07, 6.45) is 3.57. The molecule has 0 aliphatic heterocycles. The first kappa shape index (κ1) is 19.7. The lowest BCUT2D eigenvalue weighted by molar-refractivity contribution is -0.142. The predicted octanol–water partition coefficient (Wildman–Crippen LogP) is 5.41. The molecule has 0 spiro atoms. The van der Waals surface area contributed by atoms with Gasteiger partial charge in [0, 0.05) is 23.6 Å². The zero-order valence-corrected chi connectivity index (χ0v) is 16.9. The highest BCUT2D eigenvalue weighted by atomic mass is 16.5. The van der Waals surface area contributed by atoms with Gasteiger partial charge in [0.1, 0.15) is 11.4 Å². The third-order valence-electron chi connectivity index (χ3n) is 5.59. The van der Waals surface area contributed by atoms with Crippen LogP contribution in [0, 0.1) is 11.8 Å². The molecule has 0 bridgehead atoms. The lowest BCUT2D eigenvalue weighted by Gasteiger charge is -2.36. The van der Waals surface area contributed by atoms with Crippen LogP contribution >= 0.6 is 0 Å². The van der Waals surface area contributed by atoms with E-state index < -0.39 is 5.60 Å². The van der Waals surface area contributed by atoms with E-state index in [0.717, 1.165) is 47.9 Å². The summed E-state index contributed by atoms with van der Waals surface area (Å²) in [6.45, 7) is 7.17. The molecule has 0 atom stereocenters. The minimum atomic E-state index is -0.722. The van der Waals surface area contributed by atoms with Crippen LogP contribution in [0.2, 0.25) is 0 Å². The molecule has 4 heteroatoms. The quantitative estimate of drug-likeness (QED) is 0.741. The number of rotatable bonds is 6. The van der Waals surface area contributed by atoms with Crippen molar-refractivity contribution in [3.63, 3.8) is 0 Å². The van der Waals surface area contributed by atoms with Gasteiger partial charge in [0.15, 0.2) is 0 Å². The van der Waals surface area contributed by atoms with Crippen LogP contribution in [-0.2, 0) is 9.53 Å². The number of carbonyl (C=O) groups excluding carboxylic acids is 1. The third-order valence-corrected chi connectivity index (χ3v) is 5.59. The van der Waals surface area contributed by atoms with Crippen LogP contribution in [0.5, 0.6) is 5.75 Å². The zero-order chi connectivity index (χ0) is 19.4. The van der Waals surface area contributed by atoms with E-state index in [0.29, 0.717) is 18.4 Å². The summed E-state index contributed by atoms with van der Waals surface area (Å²) in [5.74, 6) is 1.92. The largest absolute Gasteiger partial charge is 0.493 e. The fraction of sp³-hybridized carbons (Fsp3) is 0.522. The number of ether oxygens (including phenoxy) is 2. The summed E-state index contributed by atoms with van der Waals surface area (Å²) in [4.78, 5) is 13.1. The van der Waals surface area contributed by atoms with Gasteiger partial charge in [-0.15, -0.1) is 0 Å². The predicted molar refractivity (Wildman–Crippen MR) is 110 cm³/mol. The molecule has 4 nitrogen and oxygen atoms in total. The molecular formula is C23H31NO3. The van der Waals surface area contributed by atoms with E-state index in [1.54, 1.807) is 7.11 Å². The molecule has 0 radical (unpaired) electrons. The number of fused-ring (bicyclic) bond motifs is 1. The van der Waals surface area contributed by atoms with E-state index in [1.165, 1.54) is 0 Å². The van der Waals surface area contributed by atoms with Crippen molar-refractivity contribution in [2.45, 2.75) is 52.1 Å². The molecule has 0 aromatic heterocycles. The van der Waals surface area contributed by atoms with Crippen LogP contribution in [0.3, 0.4) is 0 Å². The molecule has 27 heavy (non-hydrogen) atoms. The standard InChI is InChI=1S/C23H31NO3/c1-16(2)15-27-21-10-9-20(18-7-5-6-8-19(18)21)24-22(25)23(26-4)13-11-17(3)12-14-23/h5-10,16-17H,11-15H2,1-4H3,(H,24,25). The molecule has 1 saturated carbocycles. The summed E-state index contributed by atoms with van der Waals surface area (Å²) >= 11 is 0. The Morgan fingerprint density at radius 3 is 2.44 bits per heavy atom. The molecule has 0 unspecified atom stereocenters. The first-order valence-electron chi connectivity index (χ1n) is 9.96. The molecule has 0 saturated heterocycles. The molecule has 1 aliphatic rings. The van der Waals surface area contributed by atoms with Crippen LogP contribution in [0.15, 0.2) is 36.4 Å². The van der Waals surface area contributed by atoms with E-state index >= 15 is 0 Å². The Balaban J connectivity index is 1.86. The maximum Gasteiger partial charge on any atom is 0.256 e. The summed E-state index contributed by atoms with van der Waals surface area (Å²) in [5.41, 5.74) is 0.0861. The van der Waals surface area contributed by atoms with E-state index in [1.807, 2.05) is 36.4 Å². The summed E-state index contributed by atoms with van der Waals surface area (Å²) < 4.78 is 11.7. The van der Waals surface area contributed by atoms with Crippen molar-refractivity contribution in [1.29, 1.82) is 0 Å². The SMILES string of the molecule is COC1(C(=O)Nc2ccc(OCC(C)C)c3ccccc23)CCC(C)CC1. The Kier molecular flexibility index (Phi) is 6.05. The smallest absolute Gasteiger partial charge is 0.256 e. The number of carbonyl (C=O) groups is 1. The molecular weight excluding hydrogens is 338 g/mol. The van der Waals surface area contributed by atoms with Gasteiger partial charge in [-0.1, -0.05) is 45.0 Å². The molecule has 3 rings (SSSR count). The van der Waals surface area contributed by atoms with E-state index in [-0.39, 0.29) is 5.91 Å². The average Bonchev–Trinajstić information content (AvgIpc) is 2.68. The highest BCUT2D eigenvalue weighted by Gasteiger charge is 2.41. The van der Waals surface area contributed by atoms with Crippen LogP contribution in [0.25, 0.3) is 10.8 Å². The van der Waals surface area contributed by atoms with Crippen molar-refractivity contribution in [2.75, 3.05) is 19.0 Å². The number of nitrogens with one attached hydrogen (secondary N) is 1. The van der Waals surface area contributed by atoms with Gasteiger partial charge in [0.2, 0.25) is 0 Å². The minimum Gasteiger partial charge on any atom is -0.493 e. The van der Waals surface area contributed by atoms with Gasteiger partial charge in [-0.3, -0.25) is 4.79 Å². The normalized spacial score (nSPS) is 22.8. The van der Waals surface area contributed by atoms with E-state index in [9.17, 15) is 4.79 Å². The highest BCUT2D eigenvalue weighted by molar-refractivity contribution is 6.06. The molecule has 1 N–H and O–H groups in total. The number of methoxy groups -OCH3 is 1. The van der Waals surface area contributed by atoms with Crippen LogP contribution in [0.1, 0.15) is 46.5 Å². The second kappa shape index (κ2) is 8.30. The third kappa shape index (κ3) is 4.27. The molecule has 1 aliphatic carbocycles. The lowest BCUT2D eigenvalue weighted by atomic mass is 9.79. The number of hydrogen-bond acceptors (Lipinski definition) is 3. The number of anilines is 1. The Hall–Kier alpha value is -2.07. The summed E-state index contributed by atoms with van der Waals surface area (Å²) in [6, 6.07) is 11.9. The van der Waals surface area contributed by atoms with Gasteiger partial charge in [-0.2, -0.15) is 0 Å². The van der Waals surface area contributed by atoms with Crippen molar-refractivity contribution in [3.8, 4) is 5.75 Å². The Bertz CT molecular complexity index is 791. The minimum absolute atomic E-state index is 0.0436. The van der Waals surface area contributed by atoms with E-state index in [2.05, 4.69) is 26.1 Å². The topological polar surface area (TPSA) is 47.6 Å². The molecule has 1 amide bonds.